The van der Waals surface area contributed by atoms with Crippen molar-refractivity contribution in [1.82, 2.24) is 14.8 Å². The number of carbonyl (C=O) groups is 1. The maximum absolute atomic E-state index is 10.7. The van der Waals surface area contributed by atoms with Crippen LogP contribution >= 0.6 is 0 Å². The highest BCUT2D eigenvalue weighted by Crippen LogP contribution is 2.34. The topological polar surface area (TPSA) is 68.0 Å². The first-order valence-corrected chi connectivity index (χ1v) is 5.76. The van der Waals surface area contributed by atoms with Crippen LogP contribution in [0.3, 0.4) is 0 Å². The Hall–Kier alpha value is -1.39. The predicted octanol–water partition coefficient (Wildman–Crippen LogP) is 1.66. The lowest BCUT2D eigenvalue weighted by molar-refractivity contribution is -0.137. The highest BCUT2D eigenvalue weighted by Gasteiger charge is 2.24. The highest BCUT2D eigenvalue weighted by atomic mass is 16.4. The summed E-state index contributed by atoms with van der Waals surface area (Å²) in [5, 5.41) is 16.7. The molecule has 1 aliphatic carbocycles. The van der Waals surface area contributed by atoms with Gasteiger partial charge in [0.05, 0.1) is 0 Å². The highest BCUT2D eigenvalue weighted by molar-refractivity contribution is 5.66. The Morgan fingerprint density at radius 2 is 2.19 bits per heavy atom. The molecule has 5 heteroatoms. The second-order valence-electron chi connectivity index (χ2n) is 4.67. The van der Waals surface area contributed by atoms with Gasteiger partial charge in [-0.3, -0.25) is 4.79 Å². The smallest absolute Gasteiger partial charge is 0.323 e. The summed E-state index contributed by atoms with van der Waals surface area (Å²) in [5.74, 6) is 1.17. The normalized spacial score (nSPS) is 25.6. The lowest BCUT2D eigenvalue weighted by atomic mass is 9.82. The third kappa shape index (κ3) is 2.40. The Kier molecular flexibility index (Phi) is 3.22. The van der Waals surface area contributed by atoms with Crippen molar-refractivity contribution in [2.24, 2.45) is 5.92 Å². The SMILES string of the molecule is CC1CCC(c2nncn2CC(=O)O)CC1. The van der Waals surface area contributed by atoms with Crippen molar-refractivity contribution in [3.8, 4) is 0 Å². The van der Waals surface area contributed by atoms with Crippen LogP contribution in [0, 0.1) is 5.92 Å². The molecule has 0 saturated heterocycles. The molecule has 1 aromatic rings. The van der Waals surface area contributed by atoms with Gasteiger partial charge in [-0.25, -0.2) is 0 Å². The van der Waals surface area contributed by atoms with E-state index in [9.17, 15) is 4.79 Å². The van der Waals surface area contributed by atoms with E-state index >= 15 is 0 Å². The van der Waals surface area contributed by atoms with Gasteiger partial charge < -0.3 is 9.67 Å². The molecular weight excluding hydrogens is 206 g/mol. The van der Waals surface area contributed by atoms with Crippen molar-refractivity contribution in [2.45, 2.75) is 45.1 Å². The van der Waals surface area contributed by atoms with E-state index < -0.39 is 5.97 Å². The van der Waals surface area contributed by atoms with Crippen molar-refractivity contribution < 1.29 is 9.90 Å². The molecule has 1 N–H and O–H groups in total. The van der Waals surface area contributed by atoms with E-state index in [0.717, 1.165) is 24.6 Å². The summed E-state index contributed by atoms with van der Waals surface area (Å²) < 4.78 is 1.66. The van der Waals surface area contributed by atoms with Gasteiger partial charge in [-0.2, -0.15) is 0 Å². The molecule has 16 heavy (non-hydrogen) atoms. The molecule has 1 fully saturated rings. The first kappa shape index (κ1) is 11.1. The fourth-order valence-electron chi connectivity index (χ4n) is 2.37. The summed E-state index contributed by atoms with van der Waals surface area (Å²) in [7, 11) is 0. The van der Waals surface area contributed by atoms with Gasteiger partial charge in [0, 0.05) is 5.92 Å². The first-order valence-electron chi connectivity index (χ1n) is 5.76. The van der Waals surface area contributed by atoms with Gasteiger partial charge in [-0.1, -0.05) is 19.8 Å². The van der Waals surface area contributed by atoms with Crippen LogP contribution in [0.1, 0.15) is 44.3 Å². The third-order valence-corrected chi connectivity index (χ3v) is 3.33. The van der Waals surface area contributed by atoms with Crippen molar-refractivity contribution in [2.75, 3.05) is 0 Å². The Morgan fingerprint density at radius 3 is 2.81 bits per heavy atom. The molecule has 0 aromatic carbocycles. The lowest BCUT2D eigenvalue weighted by Gasteiger charge is -2.25. The maximum atomic E-state index is 10.7. The van der Waals surface area contributed by atoms with E-state index in [2.05, 4.69) is 17.1 Å². The van der Waals surface area contributed by atoms with Gasteiger partial charge in [-0.15, -0.1) is 10.2 Å². The Labute approximate surface area is 94.5 Å². The molecule has 2 rings (SSSR count). The molecule has 1 heterocycles. The monoisotopic (exact) mass is 223 g/mol. The minimum absolute atomic E-state index is 0.0333. The van der Waals surface area contributed by atoms with Crippen molar-refractivity contribution in [1.29, 1.82) is 0 Å². The minimum atomic E-state index is -0.842. The number of hydrogen-bond donors (Lipinski definition) is 1. The summed E-state index contributed by atoms with van der Waals surface area (Å²) >= 11 is 0. The van der Waals surface area contributed by atoms with Crippen LogP contribution in [0.5, 0.6) is 0 Å². The number of rotatable bonds is 3. The van der Waals surface area contributed by atoms with Gasteiger partial charge in [0.25, 0.3) is 0 Å². The number of carboxylic acids is 1. The average molecular weight is 223 g/mol. The molecule has 5 nitrogen and oxygen atoms in total. The standard InChI is InChI=1S/C11H17N3O2/c1-8-2-4-9(5-3-8)11-13-12-7-14(11)6-10(15)16/h7-9H,2-6H2,1H3,(H,15,16). The molecule has 0 spiro atoms. The van der Waals surface area contributed by atoms with E-state index in [-0.39, 0.29) is 6.54 Å². The van der Waals surface area contributed by atoms with Crippen LogP contribution in [0.2, 0.25) is 0 Å². The zero-order valence-electron chi connectivity index (χ0n) is 9.46. The number of nitrogens with zero attached hydrogens (tertiary/aromatic N) is 3. The average Bonchev–Trinajstić information content (AvgIpc) is 2.66. The summed E-state index contributed by atoms with van der Waals surface area (Å²) in [6.07, 6.45) is 6.11. The quantitative estimate of drug-likeness (QED) is 0.846. The molecule has 1 aromatic heterocycles. The van der Waals surface area contributed by atoms with E-state index in [1.807, 2.05) is 0 Å². The fourth-order valence-corrected chi connectivity index (χ4v) is 2.37. The van der Waals surface area contributed by atoms with Gasteiger partial charge >= 0.3 is 5.97 Å². The third-order valence-electron chi connectivity index (χ3n) is 3.33. The Balaban J connectivity index is 2.08. The van der Waals surface area contributed by atoms with Crippen molar-refractivity contribution in [3.63, 3.8) is 0 Å². The summed E-state index contributed by atoms with van der Waals surface area (Å²) in [4.78, 5) is 10.7. The van der Waals surface area contributed by atoms with Crippen LogP contribution < -0.4 is 0 Å². The molecule has 1 aliphatic rings. The molecule has 0 aliphatic heterocycles. The summed E-state index contributed by atoms with van der Waals surface area (Å²) in [6, 6.07) is 0. The zero-order chi connectivity index (χ0) is 11.5. The predicted molar refractivity (Wildman–Crippen MR) is 58.0 cm³/mol. The molecule has 88 valence electrons. The van der Waals surface area contributed by atoms with Crippen LogP contribution in [-0.4, -0.2) is 25.8 Å². The van der Waals surface area contributed by atoms with Gasteiger partial charge in [0.2, 0.25) is 0 Å². The molecule has 0 radical (unpaired) electrons. The van der Waals surface area contributed by atoms with Crippen molar-refractivity contribution in [3.05, 3.63) is 12.2 Å². The van der Waals surface area contributed by atoms with Crippen LogP contribution in [0.15, 0.2) is 6.33 Å². The zero-order valence-corrected chi connectivity index (χ0v) is 9.46. The number of carboxylic acid groups (broad SMARTS) is 1. The molecule has 0 amide bonds. The molecule has 0 unspecified atom stereocenters. The van der Waals surface area contributed by atoms with Crippen molar-refractivity contribution >= 4 is 5.97 Å². The van der Waals surface area contributed by atoms with E-state index in [4.69, 9.17) is 5.11 Å². The molecule has 1 saturated carbocycles. The van der Waals surface area contributed by atoms with Crippen LogP contribution in [-0.2, 0) is 11.3 Å². The Morgan fingerprint density at radius 1 is 1.50 bits per heavy atom. The van der Waals surface area contributed by atoms with Crippen LogP contribution in [0.25, 0.3) is 0 Å². The summed E-state index contributed by atoms with van der Waals surface area (Å²) in [6.45, 7) is 2.23. The van der Waals surface area contributed by atoms with E-state index in [0.29, 0.717) is 5.92 Å². The number of aromatic nitrogens is 3. The van der Waals surface area contributed by atoms with Gasteiger partial charge in [-0.05, 0) is 18.8 Å². The number of aliphatic carboxylic acids is 1. The van der Waals surface area contributed by atoms with Gasteiger partial charge in [0.1, 0.15) is 18.7 Å². The van der Waals surface area contributed by atoms with E-state index in [1.54, 1.807) is 4.57 Å². The van der Waals surface area contributed by atoms with Gasteiger partial charge in [0.15, 0.2) is 0 Å². The number of hydrogen-bond acceptors (Lipinski definition) is 3. The molecule has 0 bridgehead atoms. The largest absolute Gasteiger partial charge is 0.480 e. The first-order chi connectivity index (χ1) is 7.66. The second kappa shape index (κ2) is 4.63. The fraction of sp³-hybridized carbons (Fsp3) is 0.727. The molecular formula is C11H17N3O2. The maximum Gasteiger partial charge on any atom is 0.323 e. The summed E-state index contributed by atoms with van der Waals surface area (Å²) in [5.41, 5.74) is 0. The van der Waals surface area contributed by atoms with E-state index in [1.165, 1.54) is 19.2 Å². The Bertz CT molecular complexity index is 367. The molecule has 0 atom stereocenters. The van der Waals surface area contributed by atoms with Crippen LogP contribution in [0.4, 0.5) is 0 Å². The lowest BCUT2D eigenvalue weighted by Crippen LogP contribution is -2.18. The second-order valence-corrected chi connectivity index (χ2v) is 4.67. The minimum Gasteiger partial charge on any atom is -0.480 e.